The van der Waals surface area contributed by atoms with Crippen molar-refractivity contribution in [3.05, 3.63) is 41.4 Å². The van der Waals surface area contributed by atoms with Crippen LogP contribution in [0.15, 0.2) is 30.6 Å². The molecule has 3 heterocycles. The fourth-order valence-electron chi connectivity index (χ4n) is 3.17. The third-order valence-electron chi connectivity index (χ3n) is 5.24. The summed E-state index contributed by atoms with van der Waals surface area (Å²) in [5.74, 6) is 0.588. The van der Waals surface area contributed by atoms with E-state index < -0.39 is 27.4 Å². The number of hydrogen-bond donors (Lipinski definition) is 1. The highest BCUT2D eigenvalue weighted by atomic mass is 35.5. The smallest absolute Gasteiger partial charge is 0.240 e. The van der Waals surface area contributed by atoms with Gasteiger partial charge in [-0.2, -0.15) is 0 Å². The third-order valence-corrected chi connectivity index (χ3v) is 7.29. The van der Waals surface area contributed by atoms with E-state index in [9.17, 15) is 8.42 Å². The van der Waals surface area contributed by atoms with E-state index in [4.69, 9.17) is 21.1 Å². The summed E-state index contributed by atoms with van der Waals surface area (Å²) in [6, 6.07) is 5.18. The Morgan fingerprint density at radius 1 is 1.15 bits per heavy atom. The van der Waals surface area contributed by atoms with Gasteiger partial charge < -0.3 is 9.47 Å². The van der Waals surface area contributed by atoms with Crippen LogP contribution in [-0.4, -0.2) is 57.6 Å². The Balaban J connectivity index is 1.98. The molecule has 13 heteroatoms. The van der Waals surface area contributed by atoms with Crippen molar-refractivity contribution < 1.29 is 17.9 Å². The molecule has 0 amide bonds. The molecule has 0 saturated carbocycles. The van der Waals surface area contributed by atoms with Crippen LogP contribution in [0.1, 0.15) is 45.2 Å². The van der Waals surface area contributed by atoms with E-state index in [1.54, 1.807) is 36.6 Å². The Kier molecular flexibility index (Phi) is 7.82. The molecule has 0 aliphatic carbocycles. The summed E-state index contributed by atoms with van der Waals surface area (Å²) in [4.78, 5) is 12.7. The van der Waals surface area contributed by atoms with Crippen LogP contribution in [0.25, 0.3) is 11.5 Å². The number of halogens is 1. The minimum atomic E-state index is -3.91. The van der Waals surface area contributed by atoms with Gasteiger partial charge in [0.2, 0.25) is 21.9 Å². The van der Waals surface area contributed by atoms with E-state index in [0.29, 0.717) is 34.7 Å². The Bertz CT molecular complexity index is 1180. The number of aromatic nitrogens is 6. The monoisotopic (exact) mass is 495 g/mol. The number of anilines is 1. The zero-order chi connectivity index (χ0) is 24.2. The number of nitrogens with zero attached hydrogens (tertiary/aromatic N) is 6. The summed E-state index contributed by atoms with van der Waals surface area (Å²) in [7, 11) is -0.879. The summed E-state index contributed by atoms with van der Waals surface area (Å²) >= 11 is 5.84. The fraction of sp³-hybridized carbons (Fsp3) is 0.450. The van der Waals surface area contributed by atoms with Gasteiger partial charge in [-0.1, -0.05) is 31.5 Å². The van der Waals surface area contributed by atoms with Crippen molar-refractivity contribution in [1.29, 1.82) is 0 Å². The SMILES string of the molecule is CCC(OC)n1c(NS(=O)(=O)[C@@H](C)[C@H](C)c2ncc(Cl)cn2)nnc1-c1cccc(OC)n1. The van der Waals surface area contributed by atoms with Gasteiger partial charge in [0.05, 0.1) is 17.4 Å². The summed E-state index contributed by atoms with van der Waals surface area (Å²) < 4.78 is 41.3. The zero-order valence-corrected chi connectivity index (χ0v) is 20.5. The topological polar surface area (TPSA) is 134 Å². The third kappa shape index (κ3) is 5.40. The van der Waals surface area contributed by atoms with Gasteiger partial charge in [-0.3, -0.25) is 9.29 Å². The van der Waals surface area contributed by atoms with Gasteiger partial charge in [0.15, 0.2) is 5.82 Å². The molecular weight excluding hydrogens is 470 g/mol. The molecule has 0 fully saturated rings. The molecule has 3 atom stereocenters. The highest BCUT2D eigenvalue weighted by Gasteiger charge is 2.32. The quantitative estimate of drug-likeness (QED) is 0.449. The highest BCUT2D eigenvalue weighted by Crippen LogP contribution is 2.29. The molecule has 3 aromatic heterocycles. The number of pyridine rings is 1. The lowest BCUT2D eigenvalue weighted by molar-refractivity contribution is 0.0438. The Morgan fingerprint density at radius 3 is 2.45 bits per heavy atom. The number of nitrogens with one attached hydrogen (secondary N) is 1. The maximum Gasteiger partial charge on any atom is 0.240 e. The van der Waals surface area contributed by atoms with Crippen LogP contribution >= 0.6 is 11.6 Å². The van der Waals surface area contributed by atoms with E-state index >= 15 is 0 Å². The molecule has 3 aromatic rings. The van der Waals surface area contributed by atoms with Crippen LogP contribution in [0.2, 0.25) is 5.02 Å². The van der Waals surface area contributed by atoms with E-state index in [2.05, 4.69) is 29.9 Å². The van der Waals surface area contributed by atoms with Crippen molar-refractivity contribution in [2.45, 2.75) is 44.6 Å². The van der Waals surface area contributed by atoms with Crippen molar-refractivity contribution in [2.24, 2.45) is 0 Å². The summed E-state index contributed by atoms with van der Waals surface area (Å²) in [5.41, 5.74) is 0.457. The van der Waals surface area contributed by atoms with Crippen molar-refractivity contribution >= 4 is 27.6 Å². The molecule has 3 rings (SSSR count). The molecule has 11 nitrogen and oxygen atoms in total. The molecule has 0 radical (unpaired) electrons. The van der Waals surface area contributed by atoms with Crippen molar-refractivity contribution in [3.8, 4) is 17.4 Å². The van der Waals surface area contributed by atoms with Gasteiger partial charge in [-0.25, -0.2) is 23.4 Å². The van der Waals surface area contributed by atoms with Gasteiger partial charge in [-0.15, -0.1) is 10.2 Å². The zero-order valence-electron chi connectivity index (χ0n) is 18.9. The minimum Gasteiger partial charge on any atom is -0.481 e. The normalized spacial score (nSPS) is 14.5. The average molecular weight is 496 g/mol. The first kappa shape index (κ1) is 24.8. The molecule has 0 aliphatic heterocycles. The second-order valence-corrected chi connectivity index (χ2v) is 9.76. The van der Waals surface area contributed by atoms with Crippen LogP contribution in [-0.2, 0) is 14.8 Å². The first-order valence-corrected chi connectivity index (χ1v) is 12.1. The average Bonchev–Trinajstić information content (AvgIpc) is 3.22. The lowest BCUT2D eigenvalue weighted by Crippen LogP contribution is -2.32. The number of ether oxygens (including phenoxy) is 2. The van der Waals surface area contributed by atoms with Gasteiger partial charge in [0.1, 0.15) is 17.7 Å². The Labute approximate surface area is 197 Å². The maximum atomic E-state index is 13.2. The number of sulfonamides is 1. The summed E-state index contributed by atoms with van der Waals surface area (Å²) in [5, 5.41) is 7.76. The number of rotatable bonds is 10. The molecular formula is C20H26ClN7O4S. The Morgan fingerprint density at radius 2 is 1.85 bits per heavy atom. The van der Waals surface area contributed by atoms with Crippen molar-refractivity contribution in [3.63, 3.8) is 0 Å². The predicted molar refractivity (Wildman–Crippen MR) is 124 cm³/mol. The highest BCUT2D eigenvalue weighted by molar-refractivity contribution is 7.93. The van der Waals surface area contributed by atoms with E-state index in [0.717, 1.165) is 0 Å². The molecule has 0 bridgehead atoms. The molecule has 0 aliphatic rings. The molecule has 1 N–H and O–H groups in total. The van der Waals surface area contributed by atoms with E-state index in [1.807, 2.05) is 6.92 Å². The second kappa shape index (κ2) is 10.4. The molecule has 1 unspecified atom stereocenters. The van der Waals surface area contributed by atoms with Crippen LogP contribution in [0.3, 0.4) is 0 Å². The lowest BCUT2D eigenvalue weighted by Gasteiger charge is -2.22. The molecule has 33 heavy (non-hydrogen) atoms. The fourth-order valence-corrected chi connectivity index (χ4v) is 4.51. The number of methoxy groups -OCH3 is 2. The van der Waals surface area contributed by atoms with Crippen LogP contribution in [0.4, 0.5) is 5.95 Å². The van der Waals surface area contributed by atoms with Crippen LogP contribution in [0.5, 0.6) is 5.88 Å². The van der Waals surface area contributed by atoms with Gasteiger partial charge in [-0.05, 0) is 19.4 Å². The van der Waals surface area contributed by atoms with Gasteiger partial charge >= 0.3 is 0 Å². The Hall–Kier alpha value is -2.83. The predicted octanol–water partition coefficient (Wildman–Crippen LogP) is 3.28. The number of hydrogen-bond acceptors (Lipinski definition) is 9. The van der Waals surface area contributed by atoms with Crippen LogP contribution < -0.4 is 9.46 Å². The first-order chi connectivity index (χ1) is 15.7. The van der Waals surface area contributed by atoms with E-state index in [-0.39, 0.29) is 5.95 Å². The molecule has 178 valence electrons. The molecule has 0 aromatic carbocycles. The summed E-state index contributed by atoms with van der Waals surface area (Å²) in [6.07, 6.45) is 2.86. The van der Waals surface area contributed by atoms with Crippen LogP contribution in [0, 0.1) is 0 Å². The standard InChI is InChI=1S/C20H26ClN7O4S/c1-6-17(32-5)28-19(15-8-7-9-16(24-15)31-4)25-26-20(28)27-33(29,30)13(3)12(2)18-22-10-14(21)11-23-18/h7-13,17H,6H2,1-5H3,(H,26,27)/t12-,13-,17?/m0/s1. The molecule has 0 saturated heterocycles. The van der Waals surface area contributed by atoms with E-state index in [1.165, 1.54) is 26.6 Å². The minimum absolute atomic E-state index is 0.0133. The second-order valence-electron chi connectivity index (χ2n) is 7.28. The maximum absolute atomic E-state index is 13.2. The van der Waals surface area contributed by atoms with Gasteiger partial charge in [0, 0.05) is 31.5 Å². The lowest BCUT2D eigenvalue weighted by atomic mass is 10.1. The summed E-state index contributed by atoms with van der Waals surface area (Å²) in [6.45, 7) is 5.20. The molecule has 0 spiro atoms. The van der Waals surface area contributed by atoms with Crippen molar-refractivity contribution in [1.82, 2.24) is 29.7 Å². The van der Waals surface area contributed by atoms with Gasteiger partial charge in [0.25, 0.3) is 0 Å². The largest absolute Gasteiger partial charge is 0.481 e. The van der Waals surface area contributed by atoms with Crippen molar-refractivity contribution in [2.75, 3.05) is 18.9 Å². The first-order valence-electron chi connectivity index (χ1n) is 10.2.